The average molecular weight is 213 g/mol. The second-order valence-corrected chi connectivity index (χ2v) is 4.02. The first-order chi connectivity index (χ1) is 7.81. The Labute approximate surface area is 96.7 Å². The summed E-state index contributed by atoms with van der Waals surface area (Å²) < 4.78 is 0. The van der Waals surface area contributed by atoms with Crippen LogP contribution < -0.4 is 10.8 Å². The topological polar surface area (TPSA) is 37.8 Å². The third kappa shape index (κ3) is 2.32. The monoisotopic (exact) mass is 213 g/mol. The van der Waals surface area contributed by atoms with E-state index in [1.54, 1.807) is 6.33 Å². The first kappa shape index (κ1) is 10.9. The lowest BCUT2D eigenvalue weighted by atomic mass is 9.95. The molecule has 1 aromatic carbocycles. The minimum absolute atomic E-state index is 0.946. The van der Waals surface area contributed by atoms with E-state index in [0.717, 1.165) is 29.7 Å². The van der Waals surface area contributed by atoms with E-state index >= 15 is 0 Å². The SMILES string of the molecule is Bc1ccc2ncnc(NCCCC)c2c1. The molecule has 0 aliphatic rings. The molecule has 0 amide bonds. The number of nitrogens with one attached hydrogen (secondary N) is 1. The summed E-state index contributed by atoms with van der Waals surface area (Å²) in [5.41, 5.74) is 2.24. The van der Waals surface area contributed by atoms with E-state index < -0.39 is 0 Å². The number of anilines is 1. The maximum Gasteiger partial charge on any atom is 0.139 e. The van der Waals surface area contributed by atoms with Gasteiger partial charge in [0.25, 0.3) is 0 Å². The molecule has 2 rings (SSSR count). The summed E-state index contributed by atoms with van der Waals surface area (Å²) in [5.74, 6) is 0.946. The summed E-state index contributed by atoms with van der Waals surface area (Å²) in [6, 6.07) is 6.24. The number of hydrogen-bond donors (Lipinski definition) is 1. The van der Waals surface area contributed by atoms with Crippen LogP contribution in [-0.2, 0) is 0 Å². The molecule has 0 saturated carbocycles. The van der Waals surface area contributed by atoms with Crippen LogP contribution >= 0.6 is 0 Å². The molecule has 0 aliphatic heterocycles. The van der Waals surface area contributed by atoms with Crippen LogP contribution in [0.15, 0.2) is 24.5 Å². The molecule has 0 fully saturated rings. The van der Waals surface area contributed by atoms with Gasteiger partial charge in [0.1, 0.15) is 20.0 Å². The molecule has 0 radical (unpaired) electrons. The summed E-state index contributed by atoms with van der Waals surface area (Å²) in [6.45, 7) is 3.15. The van der Waals surface area contributed by atoms with Gasteiger partial charge in [0.2, 0.25) is 0 Å². The quantitative estimate of drug-likeness (QED) is 0.610. The minimum Gasteiger partial charge on any atom is -0.369 e. The van der Waals surface area contributed by atoms with Gasteiger partial charge >= 0.3 is 0 Å². The number of nitrogens with zero attached hydrogens (tertiary/aromatic N) is 2. The van der Waals surface area contributed by atoms with E-state index in [9.17, 15) is 0 Å². The van der Waals surface area contributed by atoms with Crippen LogP contribution in [0, 0.1) is 0 Å². The molecule has 2 aromatic rings. The molecule has 4 heteroatoms. The summed E-state index contributed by atoms with van der Waals surface area (Å²) in [4.78, 5) is 8.56. The summed E-state index contributed by atoms with van der Waals surface area (Å²) >= 11 is 0. The molecular weight excluding hydrogens is 197 g/mol. The van der Waals surface area contributed by atoms with E-state index in [0.29, 0.717) is 0 Å². The lowest BCUT2D eigenvalue weighted by molar-refractivity contribution is 0.831. The average Bonchev–Trinajstić information content (AvgIpc) is 2.30. The van der Waals surface area contributed by atoms with Crippen molar-refractivity contribution in [3.05, 3.63) is 24.5 Å². The van der Waals surface area contributed by atoms with Gasteiger partial charge in [-0.2, -0.15) is 0 Å². The van der Waals surface area contributed by atoms with Crippen molar-refractivity contribution in [3.63, 3.8) is 0 Å². The van der Waals surface area contributed by atoms with Crippen LogP contribution in [0.2, 0.25) is 0 Å². The third-order valence-electron chi connectivity index (χ3n) is 2.61. The molecule has 0 saturated heterocycles. The van der Waals surface area contributed by atoms with Crippen molar-refractivity contribution in [2.45, 2.75) is 19.8 Å². The van der Waals surface area contributed by atoms with Gasteiger partial charge < -0.3 is 5.32 Å². The second-order valence-electron chi connectivity index (χ2n) is 4.02. The molecule has 16 heavy (non-hydrogen) atoms. The maximum atomic E-state index is 4.30. The zero-order valence-corrected chi connectivity index (χ0v) is 9.83. The van der Waals surface area contributed by atoms with Gasteiger partial charge in [-0.25, -0.2) is 9.97 Å². The fourth-order valence-electron chi connectivity index (χ4n) is 1.69. The van der Waals surface area contributed by atoms with Gasteiger partial charge in [-0.15, -0.1) is 0 Å². The first-order valence-electron chi connectivity index (χ1n) is 5.76. The highest BCUT2D eigenvalue weighted by molar-refractivity contribution is 6.33. The van der Waals surface area contributed by atoms with Crippen molar-refractivity contribution in [3.8, 4) is 0 Å². The van der Waals surface area contributed by atoms with Gasteiger partial charge in [0, 0.05) is 11.9 Å². The van der Waals surface area contributed by atoms with Gasteiger partial charge in [0.15, 0.2) is 0 Å². The highest BCUT2D eigenvalue weighted by Gasteiger charge is 2.02. The zero-order chi connectivity index (χ0) is 11.4. The second kappa shape index (κ2) is 4.97. The molecule has 0 atom stereocenters. The van der Waals surface area contributed by atoms with Crippen molar-refractivity contribution in [2.75, 3.05) is 11.9 Å². The molecule has 1 heterocycles. The molecule has 3 nitrogen and oxygen atoms in total. The Balaban J connectivity index is 2.32. The van der Waals surface area contributed by atoms with Crippen LogP contribution in [0.25, 0.3) is 10.9 Å². The van der Waals surface area contributed by atoms with Crippen LogP contribution in [0.1, 0.15) is 19.8 Å². The number of unbranched alkanes of at least 4 members (excludes halogenated alkanes) is 1. The smallest absolute Gasteiger partial charge is 0.139 e. The Bertz CT molecular complexity index is 485. The number of fused-ring (bicyclic) bond motifs is 1. The number of hydrogen-bond acceptors (Lipinski definition) is 3. The largest absolute Gasteiger partial charge is 0.369 e. The Morgan fingerprint density at radius 1 is 1.31 bits per heavy atom. The Hall–Kier alpha value is -1.58. The van der Waals surface area contributed by atoms with E-state index in [4.69, 9.17) is 0 Å². The van der Waals surface area contributed by atoms with Crippen molar-refractivity contribution in [1.29, 1.82) is 0 Å². The Morgan fingerprint density at radius 2 is 2.19 bits per heavy atom. The van der Waals surface area contributed by atoms with Gasteiger partial charge in [-0.05, 0) is 12.5 Å². The molecule has 0 unspecified atom stereocenters. The Kier molecular flexibility index (Phi) is 3.39. The van der Waals surface area contributed by atoms with Crippen LogP contribution in [-0.4, -0.2) is 24.4 Å². The molecule has 0 spiro atoms. The van der Waals surface area contributed by atoms with E-state index in [1.165, 1.54) is 11.9 Å². The summed E-state index contributed by atoms with van der Waals surface area (Å²) in [5, 5.41) is 4.47. The third-order valence-corrected chi connectivity index (χ3v) is 2.61. The van der Waals surface area contributed by atoms with Gasteiger partial charge in [-0.3, -0.25) is 0 Å². The highest BCUT2D eigenvalue weighted by Crippen LogP contribution is 2.17. The number of aromatic nitrogens is 2. The van der Waals surface area contributed by atoms with Crippen molar-refractivity contribution < 1.29 is 0 Å². The molecule has 0 bridgehead atoms. The fourth-order valence-corrected chi connectivity index (χ4v) is 1.69. The van der Waals surface area contributed by atoms with E-state index in [-0.39, 0.29) is 0 Å². The molecular formula is C12H16BN3. The normalized spacial score (nSPS) is 10.6. The van der Waals surface area contributed by atoms with Crippen molar-refractivity contribution in [2.24, 2.45) is 0 Å². The highest BCUT2D eigenvalue weighted by atomic mass is 15.0. The molecule has 1 N–H and O–H groups in total. The van der Waals surface area contributed by atoms with Crippen molar-refractivity contribution >= 4 is 30.0 Å². The zero-order valence-electron chi connectivity index (χ0n) is 9.83. The van der Waals surface area contributed by atoms with Crippen LogP contribution in [0.4, 0.5) is 5.82 Å². The maximum absolute atomic E-state index is 4.30. The summed E-state index contributed by atoms with van der Waals surface area (Å²) in [6.07, 6.45) is 3.97. The van der Waals surface area contributed by atoms with E-state index in [1.807, 2.05) is 6.07 Å². The van der Waals surface area contributed by atoms with Gasteiger partial charge in [0.05, 0.1) is 5.52 Å². The molecule has 1 aromatic heterocycles. The lowest BCUT2D eigenvalue weighted by Gasteiger charge is -2.07. The minimum atomic E-state index is 0.946. The standard InChI is InChI=1S/C12H16BN3/c1-2-3-6-14-12-10-7-9(13)4-5-11(10)15-8-16-12/h4-5,7-8H,2-3,6,13H2,1H3,(H,14,15,16). The number of rotatable bonds is 4. The van der Waals surface area contributed by atoms with Crippen LogP contribution in [0.3, 0.4) is 0 Å². The first-order valence-corrected chi connectivity index (χ1v) is 5.76. The Morgan fingerprint density at radius 3 is 3.00 bits per heavy atom. The van der Waals surface area contributed by atoms with Crippen LogP contribution in [0.5, 0.6) is 0 Å². The number of benzene rings is 1. The van der Waals surface area contributed by atoms with E-state index in [2.05, 4.69) is 42.2 Å². The lowest BCUT2D eigenvalue weighted by Crippen LogP contribution is -2.06. The predicted octanol–water partition coefficient (Wildman–Crippen LogP) is 1.10. The molecule has 82 valence electrons. The summed E-state index contributed by atoms with van der Waals surface area (Å²) in [7, 11) is 2.09. The fraction of sp³-hybridized carbons (Fsp3) is 0.333. The van der Waals surface area contributed by atoms with Gasteiger partial charge in [-0.1, -0.05) is 30.9 Å². The molecule has 0 aliphatic carbocycles. The van der Waals surface area contributed by atoms with Crippen molar-refractivity contribution in [1.82, 2.24) is 9.97 Å². The predicted molar refractivity (Wildman–Crippen MR) is 71.1 cm³/mol.